The average molecular weight is 322 g/mol. The molecule has 1 atom stereocenters. The summed E-state index contributed by atoms with van der Waals surface area (Å²) >= 11 is 0. The van der Waals surface area contributed by atoms with Crippen molar-refractivity contribution in [3.8, 4) is 0 Å². The van der Waals surface area contributed by atoms with Crippen molar-refractivity contribution >= 4 is 21.8 Å². The van der Waals surface area contributed by atoms with Crippen LogP contribution in [-0.4, -0.2) is 35.3 Å². The molecule has 0 fully saturated rings. The molecule has 7 heteroatoms. The molecule has 1 aliphatic carbocycles. The number of aliphatic carboxylic acids is 2. The van der Waals surface area contributed by atoms with E-state index >= 15 is 0 Å². The van der Waals surface area contributed by atoms with Gasteiger partial charge < -0.3 is 10.2 Å². The molecule has 0 heterocycles. The number of allylic oxidation sites excluding steroid dienone is 2. The number of carboxylic acids is 2. The number of carboxylic acid groups (broad SMARTS) is 2. The summed E-state index contributed by atoms with van der Waals surface area (Å²) in [6, 6.07) is 7.16. The van der Waals surface area contributed by atoms with Crippen LogP contribution in [0.4, 0.5) is 0 Å². The molecule has 0 bridgehead atoms. The van der Waals surface area contributed by atoms with Crippen molar-refractivity contribution in [1.29, 1.82) is 0 Å². The Bertz CT molecular complexity index is 789. The van der Waals surface area contributed by atoms with Gasteiger partial charge >= 0.3 is 11.9 Å². The molecule has 0 saturated carbocycles. The van der Waals surface area contributed by atoms with E-state index in [1.165, 1.54) is 37.3 Å². The van der Waals surface area contributed by atoms with Crippen LogP contribution in [0, 0.1) is 0 Å². The highest BCUT2D eigenvalue weighted by molar-refractivity contribution is 7.93. The van der Waals surface area contributed by atoms with Crippen molar-refractivity contribution in [2.45, 2.75) is 23.0 Å². The summed E-state index contributed by atoms with van der Waals surface area (Å²) in [5.41, 5.74) is 0.0347. The van der Waals surface area contributed by atoms with Crippen LogP contribution in [0.5, 0.6) is 0 Å². The van der Waals surface area contributed by atoms with Crippen LogP contribution >= 0.6 is 0 Å². The third kappa shape index (κ3) is 2.43. The van der Waals surface area contributed by atoms with Gasteiger partial charge in [-0.1, -0.05) is 23.8 Å². The van der Waals surface area contributed by atoms with E-state index < -0.39 is 32.9 Å². The van der Waals surface area contributed by atoms with E-state index in [-0.39, 0.29) is 16.0 Å². The van der Waals surface area contributed by atoms with Crippen molar-refractivity contribution in [3.63, 3.8) is 0 Å². The number of sulfone groups is 1. The standard InChI is InChI=1S/C15H14O6S/c1-10-7-11(13(16)17)9-15(8-10,14(18)19)22(20,21)12-5-3-2-4-6-12/h2-8H,9H2,1H3,(H,16,17)(H,18,19). The second-order valence-electron chi connectivity index (χ2n) is 5.05. The maximum absolute atomic E-state index is 12.8. The van der Waals surface area contributed by atoms with Gasteiger partial charge in [0.15, 0.2) is 14.6 Å². The summed E-state index contributed by atoms with van der Waals surface area (Å²) < 4.78 is 23.3. The molecule has 0 aromatic heterocycles. The molecule has 22 heavy (non-hydrogen) atoms. The Morgan fingerprint density at radius 2 is 1.73 bits per heavy atom. The monoisotopic (exact) mass is 322 g/mol. The Hall–Kier alpha value is -2.41. The number of carbonyl (C=O) groups is 2. The third-order valence-electron chi connectivity index (χ3n) is 3.49. The highest BCUT2D eigenvalue weighted by Crippen LogP contribution is 2.37. The van der Waals surface area contributed by atoms with Crippen LogP contribution in [0.1, 0.15) is 13.3 Å². The average Bonchev–Trinajstić information content (AvgIpc) is 2.47. The summed E-state index contributed by atoms with van der Waals surface area (Å²) in [5, 5.41) is 18.7. The number of hydrogen-bond acceptors (Lipinski definition) is 4. The van der Waals surface area contributed by atoms with Crippen LogP contribution in [0.15, 0.2) is 58.5 Å². The second kappa shape index (κ2) is 5.42. The zero-order valence-electron chi connectivity index (χ0n) is 11.7. The zero-order valence-corrected chi connectivity index (χ0v) is 12.5. The van der Waals surface area contributed by atoms with E-state index in [1.807, 2.05) is 0 Å². The fraction of sp³-hybridized carbons (Fsp3) is 0.200. The minimum Gasteiger partial charge on any atom is -0.480 e. The van der Waals surface area contributed by atoms with Crippen molar-refractivity contribution < 1.29 is 28.2 Å². The normalized spacial score (nSPS) is 21.7. The van der Waals surface area contributed by atoms with Gasteiger partial charge in [-0.3, -0.25) is 4.79 Å². The Morgan fingerprint density at radius 1 is 1.14 bits per heavy atom. The SMILES string of the molecule is CC1=CC(C(=O)O)(S(=O)(=O)c2ccccc2)CC(C(=O)O)=C1. The van der Waals surface area contributed by atoms with Gasteiger partial charge in [0.25, 0.3) is 0 Å². The number of rotatable bonds is 4. The highest BCUT2D eigenvalue weighted by atomic mass is 32.2. The minimum atomic E-state index is -4.30. The predicted molar refractivity (Wildman–Crippen MR) is 78.1 cm³/mol. The Labute approximate surface area is 127 Å². The zero-order chi connectivity index (χ0) is 16.5. The van der Waals surface area contributed by atoms with E-state index in [0.29, 0.717) is 0 Å². The lowest BCUT2D eigenvalue weighted by molar-refractivity contribution is -0.138. The maximum Gasteiger partial charge on any atom is 0.331 e. The number of hydrogen-bond donors (Lipinski definition) is 2. The van der Waals surface area contributed by atoms with Crippen LogP contribution in [0.25, 0.3) is 0 Å². The fourth-order valence-corrected chi connectivity index (χ4v) is 4.29. The summed E-state index contributed by atoms with van der Waals surface area (Å²) in [7, 11) is -4.30. The van der Waals surface area contributed by atoms with Crippen LogP contribution in [0.2, 0.25) is 0 Å². The molecule has 1 aromatic carbocycles. The van der Waals surface area contributed by atoms with Crippen molar-refractivity contribution in [2.24, 2.45) is 0 Å². The molecule has 116 valence electrons. The highest BCUT2D eigenvalue weighted by Gasteiger charge is 2.52. The molecule has 0 spiro atoms. The molecule has 2 N–H and O–H groups in total. The summed E-state index contributed by atoms with van der Waals surface area (Å²) in [4.78, 5) is 22.8. The molecule has 6 nitrogen and oxygen atoms in total. The lowest BCUT2D eigenvalue weighted by Crippen LogP contribution is -2.47. The topological polar surface area (TPSA) is 109 Å². The van der Waals surface area contributed by atoms with Crippen LogP contribution in [-0.2, 0) is 19.4 Å². The molecule has 1 aliphatic rings. The maximum atomic E-state index is 12.8. The summed E-state index contributed by atoms with van der Waals surface area (Å²) in [6.45, 7) is 1.47. The van der Waals surface area contributed by atoms with Crippen molar-refractivity contribution in [3.05, 3.63) is 53.6 Å². The van der Waals surface area contributed by atoms with E-state index in [2.05, 4.69) is 0 Å². The predicted octanol–water partition coefficient (Wildman–Crippen LogP) is 1.64. The van der Waals surface area contributed by atoms with Crippen molar-refractivity contribution in [2.75, 3.05) is 0 Å². The van der Waals surface area contributed by atoms with Gasteiger partial charge in [-0.15, -0.1) is 0 Å². The first kappa shape index (κ1) is 16.0. The van der Waals surface area contributed by atoms with Gasteiger partial charge in [0, 0.05) is 12.0 Å². The van der Waals surface area contributed by atoms with Gasteiger partial charge in [0.1, 0.15) is 0 Å². The lowest BCUT2D eigenvalue weighted by Gasteiger charge is -2.29. The second-order valence-corrected chi connectivity index (χ2v) is 7.26. The molecular formula is C15H14O6S. The quantitative estimate of drug-likeness (QED) is 0.872. The molecule has 1 aromatic rings. The lowest BCUT2D eigenvalue weighted by atomic mass is 9.90. The molecular weight excluding hydrogens is 308 g/mol. The van der Waals surface area contributed by atoms with E-state index in [0.717, 1.165) is 6.08 Å². The molecule has 2 rings (SSSR count). The fourth-order valence-electron chi connectivity index (χ4n) is 2.44. The van der Waals surface area contributed by atoms with Crippen molar-refractivity contribution in [1.82, 2.24) is 0 Å². The molecule has 0 aliphatic heterocycles. The first-order valence-electron chi connectivity index (χ1n) is 6.37. The van der Waals surface area contributed by atoms with Gasteiger partial charge in [-0.25, -0.2) is 13.2 Å². The Morgan fingerprint density at radius 3 is 2.23 bits per heavy atom. The molecule has 1 unspecified atom stereocenters. The summed E-state index contributed by atoms with van der Waals surface area (Å²) in [5.74, 6) is -2.93. The Kier molecular flexibility index (Phi) is 3.93. The van der Waals surface area contributed by atoms with Crippen LogP contribution in [0.3, 0.4) is 0 Å². The molecule has 0 radical (unpaired) electrons. The first-order valence-corrected chi connectivity index (χ1v) is 7.85. The third-order valence-corrected chi connectivity index (χ3v) is 5.77. The summed E-state index contributed by atoms with van der Waals surface area (Å²) in [6.07, 6.45) is 1.76. The van der Waals surface area contributed by atoms with Gasteiger partial charge in [-0.2, -0.15) is 0 Å². The molecule has 0 saturated heterocycles. The first-order chi connectivity index (χ1) is 10.2. The van der Waals surface area contributed by atoms with E-state index in [4.69, 9.17) is 5.11 Å². The van der Waals surface area contributed by atoms with Gasteiger partial charge in [0.2, 0.25) is 0 Å². The van der Waals surface area contributed by atoms with E-state index in [9.17, 15) is 23.1 Å². The number of benzene rings is 1. The van der Waals surface area contributed by atoms with Crippen LogP contribution < -0.4 is 0 Å². The van der Waals surface area contributed by atoms with E-state index in [1.54, 1.807) is 6.07 Å². The Balaban J connectivity index is 2.69. The minimum absolute atomic E-state index is 0.159. The van der Waals surface area contributed by atoms with Gasteiger partial charge in [0.05, 0.1) is 4.90 Å². The van der Waals surface area contributed by atoms with Gasteiger partial charge in [-0.05, 0) is 31.2 Å². The molecule has 0 amide bonds. The smallest absolute Gasteiger partial charge is 0.331 e. The largest absolute Gasteiger partial charge is 0.480 e.